The van der Waals surface area contributed by atoms with Crippen molar-refractivity contribution in [1.82, 2.24) is 9.88 Å². The predicted octanol–water partition coefficient (Wildman–Crippen LogP) is 2.17. The maximum absolute atomic E-state index is 13.0. The number of aliphatic hydroxyl groups excluding tert-OH is 1. The van der Waals surface area contributed by atoms with Crippen LogP contribution in [0.25, 0.3) is 0 Å². The van der Waals surface area contributed by atoms with Crippen LogP contribution in [-0.2, 0) is 6.61 Å². The van der Waals surface area contributed by atoms with Crippen molar-refractivity contribution < 1.29 is 24.5 Å². The molecule has 1 fully saturated rings. The number of piperidine rings is 1. The van der Waals surface area contributed by atoms with Crippen molar-refractivity contribution in [3.05, 3.63) is 53.3 Å². The first-order valence-electron chi connectivity index (χ1n) is 8.91. The number of hydrogen-bond donors (Lipinski definition) is 2. The Morgan fingerprint density at radius 2 is 2.15 bits per heavy atom. The molecule has 1 aliphatic rings. The minimum atomic E-state index is -0.303. The number of carbonyl (C=O) groups excluding carboxylic acids is 2. The van der Waals surface area contributed by atoms with E-state index in [1.165, 1.54) is 6.07 Å². The summed E-state index contributed by atoms with van der Waals surface area (Å²) >= 11 is 0. The zero-order valence-corrected chi connectivity index (χ0v) is 14.9. The predicted molar refractivity (Wildman–Crippen MR) is 97.8 cm³/mol. The third kappa shape index (κ3) is 4.09. The van der Waals surface area contributed by atoms with Gasteiger partial charge in [0.2, 0.25) is 0 Å². The summed E-state index contributed by atoms with van der Waals surface area (Å²) in [6, 6.07) is 7.80. The highest BCUT2D eigenvalue weighted by molar-refractivity contribution is 5.95. The maximum Gasteiger partial charge on any atom is 0.256 e. The molecule has 7 nitrogen and oxygen atoms in total. The van der Waals surface area contributed by atoms with E-state index in [2.05, 4.69) is 4.98 Å². The molecule has 0 saturated carbocycles. The molecule has 1 unspecified atom stereocenters. The summed E-state index contributed by atoms with van der Waals surface area (Å²) in [6.07, 6.45) is 4.73. The molecule has 1 aromatic heterocycles. The monoisotopic (exact) mass is 370 g/mol. The van der Waals surface area contributed by atoms with Gasteiger partial charge in [-0.3, -0.25) is 14.6 Å². The summed E-state index contributed by atoms with van der Waals surface area (Å²) < 4.78 is 5.77. The smallest absolute Gasteiger partial charge is 0.256 e. The fraction of sp³-hybridized carbons (Fsp3) is 0.350. The second-order valence-corrected chi connectivity index (χ2v) is 6.42. The Hall–Kier alpha value is -2.93. The minimum Gasteiger partial charge on any atom is -0.507 e. The topological polar surface area (TPSA) is 100.0 Å². The van der Waals surface area contributed by atoms with E-state index in [4.69, 9.17) is 4.74 Å². The Bertz CT molecular complexity index is 824. The number of nitrogens with zero attached hydrogens (tertiary/aromatic N) is 2. The molecule has 2 heterocycles. The van der Waals surface area contributed by atoms with Gasteiger partial charge in [-0.2, -0.15) is 0 Å². The number of rotatable bonds is 6. The number of aromatic nitrogens is 1. The molecule has 1 saturated heterocycles. The van der Waals surface area contributed by atoms with Gasteiger partial charge in [0, 0.05) is 12.7 Å². The number of aromatic hydroxyl groups is 1. The van der Waals surface area contributed by atoms with Crippen molar-refractivity contribution in [2.45, 2.75) is 31.9 Å². The van der Waals surface area contributed by atoms with Crippen molar-refractivity contribution in [2.24, 2.45) is 0 Å². The molecule has 7 heteroatoms. The first-order chi connectivity index (χ1) is 13.2. The van der Waals surface area contributed by atoms with Crippen LogP contribution >= 0.6 is 0 Å². The van der Waals surface area contributed by atoms with Crippen LogP contribution in [0.3, 0.4) is 0 Å². The molecule has 1 atom stereocenters. The van der Waals surface area contributed by atoms with Crippen LogP contribution in [0, 0.1) is 0 Å². The summed E-state index contributed by atoms with van der Waals surface area (Å²) in [4.78, 5) is 30.0. The van der Waals surface area contributed by atoms with Crippen LogP contribution in [0.4, 0.5) is 0 Å². The largest absolute Gasteiger partial charge is 0.507 e. The van der Waals surface area contributed by atoms with E-state index in [0.717, 1.165) is 19.3 Å². The van der Waals surface area contributed by atoms with Crippen molar-refractivity contribution in [3.8, 4) is 11.5 Å². The molecule has 1 aromatic carbocycles. The van der Waals surface area contributed by atoms with E-state index < -0.39 is 0 Å². The molecule has 1 amide bonds. The SMILES string of the molecule is O=Cc1c(O)cccc1OCC1CCCCN1C(=O)c1cccnc1CO. The average molecular weight is 370 g/mol. The number of aliphatic hydroxyl groups is 1. The van der Waals surface area contributed by atoms with Gasteiger partial charge in [-0.1, -0.05) is 6.07 Å². The standard InChI is InChI=1S/C20H22N2O5/c23-11-16-18(25)7-3-8-19(16)27-13-14-5-1-2-10-22(14)20(26)15-6-4-9-21-17(15)12-24/h3-4,6-9,11,14,24-25H,1-2,5,10,12-13H2. The van der Waals surface area contributed by atoms with Gasteiger partial charge in [0.1, 0.15) is 18.1 Å². The summed E-state index contributed by atoms with van der Waals surface area (Å²) in [6.45, 7) is 0.501. The highest BCUT2D eigenvalue weighted by Crippen LogP contribution is 2.27. The number of hydrogen-bond acceptors (Lipinski definition) is 6. The Morgan fingerprint density at radius 3 is 2.93 bits per heavy atom. The number of phenolic OH excluding ortho intramolecular Hbond substituents is 1. The molecule has 0 aliphatic carbocycles. The average Bonchev–Trinajstić information content (AvgIpc) is 2.72. The molecular formula is C20H22N2O5. The van der Waals surface area contributed by atoms with Gasteiger partial charge in [-0.05, 0) is 43.5 Å². The Labute approximate surface area is 157 Å². The van der Waals surface area contributed by atoms with Gasteiger partial charge in [0.15, 0.2) is 6.29 Å². The number of carbonyl (C=O) groups is 2. The van der Waals surface area contributed by atoms with Crippen LogP contribution in [0.15, 0.2) is 36.5 Å². The van der Waals surface area contributed by atoms with Crippen molar-refractivity contribution in [3.63, 3.8) is 0 Å². The zero-order chi connectivity index (χ0) is 19.2. The fourth-order valence-corrected chi connectivity index (χ4v) is 3.32. The second-order valence-electron chi connectivity index (χ2n) is 6.42. The molecule has 3 rings (SSSR count). The second kappa shape index (κ2) is 8.64. The number of ether oxygens (including phenoxy) is 1. The van der Waals surface area contributed by atoms with Gasteiger partial charge >= 0.3 is 0 Å². The molecule has 2 aromatic rings. The maximum atomic E-state index is 13.0. The number of pyridine rings is 1. The first-order valence-corrected chi connectivity index (χ1v) is 8.91. The lowest BCUT2D eigenvalue weighted by Crippen LogP contribution is -2.47. The minimum absolute atomic E-state index is 0.0982. The van der Waals surface area contributed by atoms with Gasteiger partial charge in [0.25, 0.3) is 5.91 Å². The summed E-state index contributed by atoms with van der Waals surface area (Å²) in [5.41, 5.74) is 0.836. The Morgan fingerprint density at radius 1 is 1.30 bits per heavy atom. The molecule has 0 radical (unpaired) electrons. The molecule has 2 N–H and O–H groups in total. The molecule has 0 spiro atoms. The van der Waals surface area contributed by atoms with Gasteiger partial charge < -0.3 is 19.8 Å². The van der Waals surface area contributed by atoms with Crippen molar-refractivity contribution >= 4 is 12.2 Å². The van der Waals surface area contributed by atoms with Gasteiger partial charge in [-0.25, -0.2) is 0 Å². The fourth-order valence-electron chi connectivity index (χ4n) is 3.32. The van der Waals surface area contributed by atoms with Crippen molar-refractivity contribution in [2.75, 3.05) is 13.2 Å². The number of amides is 1. The van der Waals surface area contributed by atoms with E-state index >= 15 is 0 Å². The molecule has 142 valence electrons. The third-order valence-corrected chi connectivity index (χ3v) is 4.75. The van der Waals surface area contributed by atoms with Crippen LogP contribution in [0.2, 0.25) is 0 Å². The highest BCUT2D eigenvalue weighted by atomic mass is 16.5. The van der Waals surface area contributed by atoms with E-state index in [1.54, 1.807) is 35.4 Å². The molecule has 1 aliphatic heterocycles. The van der Waals surface area contributed by atoms with E-state index in [1.807, 2.05) is 0 Å². The lowest BCUT2D eigenvalue weighted by molar-refractivity contribution is 0.0523. The molecule has 0 bridgehead atoms. The Kier molecular flexibility index (Phi) is 6.03. The normalized spacial score (nSPS) is 16.8. The number of aldehydes is 1. The zero-order valence-electron chi connectivity index (χ0n) is 14.9. The quantitative estimate of drug-likeness (QED) is 0.756. The molecular weight excluding hydrogens is 348 g/mol. The number of phenols is 1. The summed E-state index contributed by atoms with van der Waals surface area (Å²) in [5.74, 6) is -0.0330. The number of benzene rings is 1. The van der Waals surface area contributed by atoms with E-state index in [0.29, 0.717) is 29.8 Å². The molecule has 27 heavy (non-hydrogen) atoms. The van der Waals surface area contributed by atoms with Crippen LogP contribution < -0.4 is 4.74 Å². The third-order valence-electron chi connectivity index (χ3n) is 4.75. The van der Waals surface area contributed by atoms with Crippen LogP contribution in [0.1, 0.15) is 45.7 Å². The van der Waals surface area contributed by atoms with E-state index in [-0.39, 0.29) is 36.5 Å². The lowest BCUT2D eigenvalue weighted by atomic mass is 10.0. The highest BCUT2D eigenvalue weighted by Gasteiger charge is 2.29. The number of likely N-dealkylation sites (tertiary alicyclic amines) is 1. The first kappa shape index (κ1) is 18.8. The van der Waals surface area contributed by atoms with Gasteiger partial charge in [-0.15, -0.1) is 0 Å². The lowest BCUT2D eigenvalue weighted by Gasteiger charge is -2.36. The van der Waals surface area contributed by atoms with Crippen molar-refractivity contribution in [1.29, 1.82) is 0 Å². The summed E-state index contributed by atoms with van der Waals surface area (Å²) in [7, 11) is 0. The van der Waals surface area contributed by atoms with E-state index in [9.17, 15) is 19.8 Å². The van der Waals surface area contributed by atoms with Crippen LogP contribution in [-0.4, -0.2) is 51.5 Å². The van der Waals surface area contributed by atoms with Gasteiger partial charge in [0.05, 0.1) is 29.5 Å². The summed E-state index contributed by atoms with van der Waals surface area (Å²) in [5, 5.41) is 19.2. The Balaban J connectivity index is 1.77. The van der Waals surface area contributed by atoms with Crippen LogP contribution in [0.5, 0.6) is 11.5 Å².